The lowest BCUT2D eigenvalue weighted by Crippen LogP contribution is -2.40. The molecule has 6 heteroatoms. The lowest BCUT2D eigenvalue weighted by molar-refractivity contribution is -0.138. The van der Waals surface area contributed by atoms with E-state index in [1.807, 2.05) is 37.2 Å². The van der Waals surface area contributed by atoms with E-state index in [2.05, 4.69) is 24.1 Å². The first-order chi connectivity index (χ1) is 14.4. The summed E-state index contributed by atoms with van der Waals surface area (Å²) in [6.07, 6.45) is 5.82. The number of amides is 2. The van der Waals surface area contributed by atoms with Crippen LogP contribution < -0.4 is 10.2 Å². The molecule has 6 nitrogen and oxygen atoms in total. The summed E-state index contributed by atoms with van der Waals surface area (Å²) in [4.78, 5) is 29.6. The lowest BCUT2D eigenvalue weighted by atomic mass is 10.0. The van der Waals surface area contributed by atoms with Crippen LogP contribution in [0.1, 0.15) is 57.9 Å². The van der Waals surface area contributed by atoms with Crippen molar-refractivity contribution in [3.05, 3.63) is 23.8 Å². The fourth-order valence-corrected chi connectivity index (χ4v) is 4.18. The maximum absolute atomic E-state index is 13.3. The highest BCUT2D eigenvalue weighted by Gasteiger charge is 2.30. The number of carbonyl (C=O) groups excluding carboxylic acids is 2. The summed E-state index contributed by atoms with van der Waals surface area (Å²) in [5, 5.41) is 3.05. The molecule has 1 aliphatic carbocycles. The molecule has 1 aliphatic heterocycles. The van der Waals surface area contributed by atoms with Crippen molar-refractivity contribution in [2.24, 2.45) is 11.8 Å². The van der Waals surface area contributed by atoms with Gasteiger partial charge in [0.05, 0.1) is 6.10 Å². The number of carbonyl (C=O) groups is 2. The van der Waals surface area contributed by atoms with Crippen LogP contribution in [0.2, 0.25) is 0 Å². The van der Waals surface area contributed by atoms with Gasteiger partial charge in [-0.25, -0.2) is 0 Å². The van der Waals surface area contributed by atoms with Crippen molar-refractivity contribution in [2.45, 2.75) is 65.0 Å². The van der Waals surface area contributed by atoms with Gasteiger partial charge in [0, 0.05) is 57.0 Å². The first-order valence-electron chi connectivity index (χ1n) is 11.4. The van der Waals surface area contributed by atoms with Gasteiger partial charge in [-0.05, 0) is 62.3 Å². The molecular weight excluding hydrogens is 378 g/mol. The van der Waals surface area contributed by atoms with Crippen LogP contribution >= 0.6 is 0 Å². The second kappa shape index (κ2) is 10.3. The number of benzene rings is 1. The van der Waals surface area contributed by atoms with Gasteiger partial charge in [-0.3, -0.25) is 9.59 Å². The van der Waals surface area contributed by atoms with Crippen LogP contribution in [0.15, 0.2) is 18.2 Å². The molecule has 2 fully saturated rings. The smallest absolute Gasteiger partial charge is 0.227 e. The van der Waals surface area contributed by atoms with E-state index in [0.29, 0.717) is 13.1 Å². The number of nitrogens with one attached hydrogen (secondary N) is 1. The normalized spacial score (nSPS) is 18.5. The average Bonchev–Trinajstić information content (AvgIpc) is 3.45. The molecule has 0 bridgehead atoms. The number of anilines is 2. The Balaban J connectivity index is 1.84. The van der Waals surface area contributed by atoms with Gasteiger partial charge in [-0.15, -0.1) is 0 Å². The Labute approximate surface area is 180 Å². The molecule has 1 saturated heterocycles. The molecule has 30 heavy (non-hydrogen) atoms. The van der Waals surface area contributed by atoms with Crippen molar-refractivity contribution in [2.75, 3.05) is 37.5 Å². The van der Waals surface area contributed by atoms with Crippen molar-refractivity contribution in [3.8, 4) is 0 Å². The molecule has 1 saturated carbocycles. The van der Waals surface area contributed by atoms with E-state index in [1.54, 1.807) is 0 Å². The molecule has 1 aromatic carbocycles. The van der Waals surface area contributed by atoms with Gasteiger partial charge in [-0.1, -0.05) is 13.8 Å². The fraction of sp³-hybridized carbons (Fsp3) is 0.667. The van der Waals surface area contributed by atoms with Crippen LogP contribution in [0.25, 0.3) is 0 Å². The van der Waals surface area contributed by atoms with E-state index in [9.17, 15) is 9.59 Å². The molecule has 2 aliphatic rings. The summed E-state index contributed by atoms with van der Waals surface area (Å²) in [6.45, 7) is 6.09. The van der Waals surface area contributed by atoms with E-state index >= 15 is 0 Å². The molecule has 1 atom stereocenters. The quantitative estimate of drug-likeness (QED) is 0.626. The van der Waals surface area contributed by atoms with Gasteiger partial charge in [0.2, 0.25) is 11.8 Å². The lowest BCUT2D eigenvalue weighted by Gasteiger charge is -2.30. The Bertz CT molecular complexity index is 735. The maximum atomic E-state index is 13.3. The van der Waals surface area contributed by atoms with Crippen LogP contribution in [0.3, 0.4) is 0 Å². The first-order valence-corrected chi connectivity index (χ1v) is 11.4. The molecule has 1 heterocycles. The number of ether oxygens (including phenoxy) is 1. The van der Waals surface area contributed by atoms with Crippen molar-refractivity contribution in [3.63, 3.8) is 0 Å². The number of nitrogens with zero attached hydrogens (tertiary/aromatic N) is 2. The van der Waals surface area contributed by atoms with Crippen LogP contribution in [-0.2, 0) is 20.9 Å². The monoisotopic (exact) mass is 415 g/mol. The third-order valence-corrected chi connectivity index (χ3v) is 6.23. The van der Waals surface area contributed by atoms with E-state index < -0.39 is 0 Å². The molecule has 1 unspecified atom stereocenters. The van der Waals surface area contributed by atoms with Gasteiger partial charge in [0.15, 0.2) is 0 Å². The van der Waals surface area contributed by atoms with Gasteiger partial charge < -0.3 is 19.9 Å². The maximum Gasteiger partial charge on any atom is 0.227 e. The Morgan fingerprint density at radius 1 is 1.17 bits per heavy atom. The standard InChI is InChI=1S/C24H37N3O3/c1-5-17(6-2)24(29)27(16-21-8-7-13-30-21)15-19-14-20(11-12-22(19)26(3)4)25-23(28)18-9-10-18/h11-12,14,17-18,21H,5-10,13,15-16H2,1-4H3,(H,25,28). The second-order valence-electron chi connectivity index (χ2n) is 8.87. The summed E-state index contributed by atoms with van der Waals surface area (Å²) in [5.41, 5.74) is 2.92. The van der Waals surface area contributed by atoms with Gasteiger partial charge in [-0.2, -0.15) is 0 Å². The van der Waals surface area contributed by atoms with Crippen molar-refractivity contribution in [1.29, 1.82) is 0 Å². The van der Waals surface area contributed by atoms with Crippen LogP contribution in [0.4, 0.5) is 11.4 Å². The van der Waals surface area contributed by atoms with Gasteiger partial charge in [0.1, 0.15) is 0 Å². The topological polar surface area (TPSA) is 61.9 Å². The minimum absolute atomic E-state index is 0.0342. The summed E-state index contributed by atoms with van der Waals surface area (Å²) >= 11 is 0. The fourth-order valence-electron chi connectivity index (χ4n) is 4.18. The third kappa shape index (κ3) is 5.75. The van der Waals surface area contributed by atoms with E-state index in [0.717, 1.165) is 62.1 Å². The molecule has 0 spiro atoms. The second-order valence-corrected chi connectivity index (χ2v) is 8.87. The molecule has 166 valence electrons. The third-order valence-electron chi connectivity index (χ3n) is 6.23. The summed E-state index contributed by atoms with van der Waals surface area (Å²) < 4.78 is 5.84. The zero-order chi connectivity index (χ0) is 21.7. The van der Waals surface area contributed by atoms with Gasteiger partial charge in [0.25, 0.3) is 0 Å². The van der Waals surface area contributed by atoms with Crippen LogP contribution in [0.5, 0.6) is 0 Å². The number of hydrogen-bond donors (Lipinski definition) is 1. The first kappa shape index (κ1) is 22.6. The predicted octanol–water partition coefficient (Wildman–Crippen LogP) is 4.04. The minimum atomic E-state index is 0.0342. The molecule has 2 amide bonds. The molecule has 1 aromatic rings. The molecule has 0 radical (unpaired) electrons. The highest BCUT2D eigenvalue weighted by atomic mass is 16.5. The van der Waals surface area contributed by atoms with E-state index in [1.165, 1.54) is 0 Å². The zero-order valence-electron chi connectivity index (χ0n) is 18.9. The Hall–Kier alpha value is -2.08. The van der Waals surface area contributed by atoms with Crippen molar-refractivity contribution < 1.29 is 14.3 Å². The van der Waals surface area contributed by atoms with Crippen molar-refractivity contribution in [1.82, 2.24) is 4.90 Å². The molecule has 0 aromatic heterocycles. The van der Waals surface area contributed by atoms with Crippen LogP contribution in [0, 0.1) is 11.8 Å². The highest BCUT2D eigenvalue weighted by Crippen LogP contribution is 2.31. The molecule has 1 N–H and O–H groups in total. The Kier molecular flexibility index (Phi) is 7.75. The minimum Gasteiger partial charge on any atom is -0.377 e. The van der Waals surface area contributed by atoms with E-state index in [-0.39, 0.29) is 29.8 Å². The average molecular weight is 416 g/mol. The molecular formula is C24H37N3O3. The van der Waals surface area contributed by atoms with Crippen molar-refractivity contribution >= 4 is 23.2 Å². The highest BCUT2D eigenvalue weighted by molar-refractivity contribution is 5.94. The van der Waals surface area contributed by atoms with Crippen LogP contribution in [-0.4, -0.2) is 50.1 Å². The molecule has 3 rings (SSSR count). The Morgan fingerprint density at radius 3 is 2.47 bits per heavy atom. The predicted molar refractivity (Wildman–Crippen MR) is 121 cm³/mol. The Morgan fingerprint density at radius 2 is 1.90 bits per heavy atom. The zero-order valence-corrected chi connectivity index (χ0v) is 18.9. The summed E-state index contributed by atoms with van der Waals surface area (Å²) in [6, 6.07) is 6.01. The number of hydrogen-bond acceptors (Lipinski definition) is 4. The summed E-state index contributed by atoms with van der Waals surface area (Å²) in [7, 11) is 4.02. The SMILES string of the molecule is CCC(CC)C(=O)N(Cc1cc(NC(=O)C2CC2)ccc1N(C)C)CC1CCCO1. The van der Waals surface area contributed by atoms with Gasteiger partial charge >= 0.3 is 0 Å². The summed E-state index contributed by atoms with van der Waals surface area (Å²) in [5.74, 6) is 0.497. The number of rotatable bonds is 10. The van der Waals surface area contributed by atoms with E-state index in [4.69, 9.17) is 4.74 Å². The largest absolute Gasteiger partial charge is 0.377 e.